The zero-order chi connectivity index (χ0) is 12.3. The fourth-order valence-electron chi connectivity index (χ4n) is 1.53. The third kappa shape index (κ3) is 2.82. The van der Waals surface area contributed by atoms with Gasteiger partial charge in [-0.25, -0.2) is 4.52 Å². The van der Waals surface area contributed by atoms with Crippen molar-refractivity contribution in [2.24, 2.45) is 0 Å². The van der Waals surface area contributed by atoms with Crippen LogP contribution >= 0.6 is 0 Å². The Hall–Kier alpha value is -1.88. The molecule has 0 aromatic carbocycles. The maximum absolute atomic E-state index is 11.8. The minimum atomic E-state index is -0.129. The van der Waals surface area contributed by atoms with Crippen LogP contribution in [0.3, 0.4) is 0 Å². The van der Waals surface area contributed by atoms with E-state index in [-0.39, 0.29) is 5.91 Å². The summed E-state index contributed by atoms with van der Waals surface area (Å²) in [5.41, 5.74) is 1.38. The van der Waals surface area contributed by atoms with Crippen molar-refractivity contribution in [3.05, 3.63) is 36.2 Å². The molecule has 0 bridgehead atoms. The van der Waals surface area contributed by atoms with Crippen LogP contribution in [0.2, 0.25) is 0 Å². The number of amides is 1. The van der Waals surface area contributed by atoms with Crippen molar-refractivity contribution < 1.29 is 4.79 Å². The van der Waals surface area contributed by atoms with Crippen molar-refractivity contribution in [2.45, 2.75) is 0 Å². The van der Waals surface area contributed by atoms with Crippen LogP contribution in [0.5, 0.6) is 0 Å². The summed E-state index contributed by atoms with van der Waals surface area (Å²) in [7, 11) is 3.94. The van der Waals surface area contributed by atoms with Crippen LogP contribution in [-0.4, -0.2) is 47.6 Å². The quantitative estimate of drug-likeness (QED) is 0.841. The fourth-order valence-corrected chi connectivity index (χ4v) is 1.53. The van der Waals surface area contributed by atoms with Crippen molar-refractivity contribution in [1.29, 1.82) is 0 Å². The first-order chi connectivity index (χ1) is 8.16. The number of carbonyl (C=O) groups excluding carboxylic acids is 1. The van der Waals surface area contributed by atoms with Crippen LogP contribution in [0.4, 0.5) is 0 Å². The predicted molar refractivity (Wildman–Crippen MR) is 66.1 cm³/mol. The van der Waals surface area contributed by atoms with E-state index in [0.29, 0.717) is 12.2 Å². The Morgan fingerprint density at radius 2 is 2.29 bits per heavy atom. The van der Waals surface area contributed by atoms with Gasteiger partial charge in [0, 0.05) is 19.3 Å². The van der Waals surface area contributed by atoms with Gasteiger partial charge in [-0.05, 0) is 32.3 Å². The highest BCUT2D eigenvalue weighted by Crippen LogP contribution is 2.05. The third-order valence-corrected chi connectivity index (χ3v) is 2.45. The summed E-state index contributed by atoms with van der Waals surface area (Å²) in [5.74, 6) is -0.129. The standard InChI is InChI=1S/C12H16N4O/c1-15(2)8-6-13-12(17)11-9-10-5-3-4-7-16(10)14-11/h3-5,7,9H,6,8H2,1-2H3,(H,13,17). The average Bonchev–Trinajstić information content (AvgIpc) is 2.71. The van der Waals surface area contributed by atoms with Crippen molar-refractivity contribution in [2.75, 3.05) is 27.2 Å². The number of pyridine rings is 1. The second kappa shape index (κ2) is 4.97. The number of aromatic nitrogens is 2. The molecule has 0 radical (unpaired) electrons. The Morgan fingerprint density at radius 3 is 3.00 bits per heavy atom. The molecule has 0 atom stereocenters. The maximum atomic E-state index is 11.8. The molecular formula is C12H16N4O. The zero-order valence-corrected chi connectivity index (χ0v) is 10.1. The normalized spacial score (nSPS) is 11.0. The first-order valence-corrected chi connectivity index (χ1v) is 5.54. The van der Waals surface area contributed by atoms with Gasteiger partial charge in [-0.1, -0.05) is 6.07 Å². The first-order valence-electron chi connectivity index (χ1n) is 5.54. The van der Waals surface area contributed by atoms with E-state index in [1.807, 2.05) is 43.4 Å². The summed E-state index contributed by atoms with van der Waals surface area (Å²) in [6, 6.07) is 7.51. The van der Waals surface area contributed by atoms with Gasteiger partial charge in [-0.3, -0.25) is 4.79 Å². The first kappa shape index (κ1) is 11.6. The van der Waals surface area contributed by atoms with Crippen LogP contribution in [0.15, 0.2) is 30.5 Å². The molecule has 2 rings (SSSR count). The summed E-state index contributed by atoms with van der Waals surface area (Å²) < 4.78 is 1.70. The minimum Gasteiger partial charge on any atom is -0.349 e. The Labute approximate surface area is 100 Å². The van der Waals surface area contributed by atoms with Gasteiger partial charge in [0.25, 0.3) is 5.91 Å². The minimum absolute atomic E-state index is 0.129. The number of hydrogen-bond donors (Lipinski definition) is 1. The molecule has 0 fully saturated rings. The van der Waals surface area contributed by atoms with Crippen LogP contribution in [0, 0.1) is 0 Å². The molecule has 1 amide bonds. The Balaban J connectivity index is 2.04. The van der Waals surface area contributed by atoms with E-state index in [2.05, 4.69) is 10.4 Å². The van der Waals surface area contributed by atoms with E-state index in [9.17, 15) is 4.79 Å². The summed E-state index contributed by atoms with van der Waals surface area (Å²) in [6.45, 7) is 1.44. The largest absolute Gasteiger partial charge is 0.349 e. The van der Waals surface area contributed by atoms with Crippen LogP contribution in [0.1, 0.15) is 10.5 Å². The number of nitrogens with zero attached hydrogens (tertiary/aromatic N) is 3. The highest BCUT2D eigenvalue weighted by molar-refractivity contribution is 5.93. The molecule has 0 spiro atoms. The molecule has 5 heteroatoms. The van der Waals surface area contributed by atoms with E-state index < -0.39 is 0 Å². The zero-order valence-electron chi connectivity index (χ0n) is 10.1. The van der Waals surface area contributed by atoms with E-state index in [0.717, 1.165) is 12.1 Å². The second-order valence-corrected chi connectivity index (χ2v) is 4.16. The topological polar surface area (TPSA) is 49.6 Å². The number of rotatable bonds is 4. The van der Waals surface area contributed by atoms with Crippen molar-refractivity contribution in [3.63, 3.8) is 0 Å². The van der Waals surface area contributed by atoms with Gasteiger partial charge in [0.2, 0.25) is 0 Å². The van der Waals surface area contributed by atoms with Crippen molar-refractivity contribution >= 4 is 11.4 Å². The van der Waals surface area contributed by atoms with Gasteiger partial charge in [0.15, 0.2) is 5.69 Å². The predicted octanol–water partition coefficient (Wildman–Crippen LogP) is 0.626. The highest BCUT2D eigenvalue weighted by Gasteiger charge is 2.09. The summed E-state index contributed by atoms with van der Waals surface area (Å²) in [5, 5.41) is 7.04. The molecule has 1 N–H and O–H groups in total. The Bertz CT molecular complexity index is 485. The van der Waals surface area contributed by atoms with Gasteiger partial charge in [0.1, 0.15) is 0 Å². The second-order valence-electron chi connectivity index (χ2n) is 4.16. The van der Waals surface area contributed by atoms with Gasteiger partial charge < -0.3 is 10.2 Å². The van der Waals surface area contributed by atoms with Crippen molar-refractivity contribution in [1.82, 2.24) is 19.8 Å². The van der Waals surface area contributed by atoms with Gasteiger partial charge in [-0.15, -0.1) is 0 Å². The third-order valence-electron chi connectivity index (χ3n) is 2.45. The lowest BCUT2D eigenvalue weighted by molar-refractivity contribution is 0.0945. The molecule has 0 aliphatic rings. The molecule has 17 heavy (non-hydrogen) atoms. The molecule has 0 saturated carbocycles. The number of carbonyl (C=O) groups is 1. The average molecular weight is 232 g/mol. The molecule has 2 aromatic rings. The van der Waals surface area contributed by atoms with Crippen molar-refractivity contribution in [3.8, 4) is 0 Å². The Morgan fingerprint density at radius 1 is 1.47 bits per heavy atom. The van der Waals surface area contributed by atoms with Gasteiger partial charge >= 0.3 is 0 Å². The van der Waals surface area contributed by atoms with Crippen LogP contribution < -0.4 is 5.32 Å². The van der Waals surface area contributed by atoms with Gasteiger partial charge in [-0.2, -0.15) is 5.10 Å². The number of fused-ring (bicyclic) bond motifs is 1. The highest BCUT2D eigenvalue weighted by atomic mass is 16.1. The number of nitrogens with one attached hydrogen (secondary N) is 1. The molecular weight excluding hydrogens is 216 g/mol. The molecule has 2 heterocycles. The molecule has 0 aliphatic carbocycles. The van der Waals surface area contributed by atoms with Gasteiger partial charge in [0.05, 0.1) is 5.52 Å². The van der Waals surface area contributed by atoms with E-state index in [1.54, 1.807) is 10.6 Å². The maximum Gasteiger partial charge on any atom is 0.271 e. The lowest BCUT2D eigenvalue weighted by Gasteiger charge is -2.09. The summed E-state index contributed by atoms with van der Waals surface area (Å²) in [4.78, 5) is 13.8. The molecule has 90 valence electrons. The number of likely N-dealkylation sites (N-methyl/N-ethyl adjacent to an activating group) is 1. The molecule has 2 aromatic heterocycles. The number of hydrogen-bond acceptors (Lipinski definition) is 3. The van der Waals surface area contributed by atoms with Crippen LogP contribution in [-0.2, 0) is 0 Å². The summed E-state index contributed by atoms with van der Waals surface area (Å²) >= 11 is 0. The molecule has 0 aliphatic heterocycles. The summed E-state index contributed by atoms with van der Waals surface area (Å²) in [6.07, 6.45) is 1.83. The smallest absolute Gasteiger partial charge is 0.271 e. The lowest BCUT2D eigenvalue weighted by atomic mass is 10.3. The SMILES string of the molecule is CN(C)CCNC(=O)c1cc2ccccn2n1. The molecule has 0 unspecified atom stereocenters. The van der Waals surface area contributed by atoms with E-state index in [4.69, 9.17) is 0 Å². The lowest BCUT2D eigenvalue weighted by Crippen LogP contribution is -2.31. The molecule has 5 nitrogen and oxygen atoms in total. The van der Waals surface area contributed by atoms with E-state index >= 15 is 0 Å². The molecule has 0 saturated heterocycles. The van der Waals surface area contributed by atoms with E-state index in [1.165, 1.54) is 0 Å². The fraction of sp³-hybridized carbons (Fsp3) is 0.333. The van der Waals surface area contributed by atoms with Crippen LogP contribution in [0.25, 0.3) is 5.52 Å². The monoisotopic (exact) mass is 232 g/mol. The Kier molecular flexibility index (Phi) is 3.39.